The van der Waals surface area contributed by atoms with Crippen LogP contribution in [0.4, 0.5) is 11.4 Å². The first-order chi connectivity index (χ1) is 19.9. The van der Waals surface area contributed by atoms with Crippen molar-refractivity contribution in [2.75, 3.05) is 59.0 Å². The Labute approximate surface area is 247 Å². The number of nitrogens with two attached hydrogens (primary N) is 2. The summed E-state index contributed by atoms with van der Waals surface area (Å²) in [6.07, 6.45) is 2.69. The third kappa shape index (κ3) is 12.5. The van der Waals surface area contributed by atoms with Crippen LogP contribution in [0.25, 0.3) is 0 Å². The second-order valence-corrected chi connectivity index (χ2v) is 12.2. The number of carbonyl (C=O) groups excluding carboxylic acids is 1. The minimum atomic E-state index is -4.06. The third-order valence-electron chi connectivity index (χ3n) is 5.89. The number of anilines is 2. The molecule has 0 radical (unpaired) electrons. The maximum Gasteiger partial charge on any atom is 0.472 e. The van der Waals surface area contributed by atoms with Crippen LogP contribution < -0.4 is 20.9 Å². The molecule has 1 unspecified atom stereocenters. The monoisotopic (exact) mass is 602 g/mol. The molecule has 0 amide bonds. The molecule has 228 valence electrons. The van der Waals surface area contributed by atoms with E-state index >= 15 is 0 Å². The Hall–Kier alpha value is -3.60. The number of unbranched alkanes of at least 4 members (excludes halogenated alkanes) is 3. The summed E-state index contributed by atoms with van der Waals surface area (Å²) < 4.78 is 39.9. The molecule has 0 aliphatic heterocycles. The summed E-state index contributed by atoms with van der Waals surface area (Å²) in [6.45, 7) is 1.04. The van der Waals surface area contributed by atoms with E-state index in [-0.39, 0.29) is 25.4 Å². The molecule has 3 aromatic rings. The molecule has 0 saturated carbocycles. The number of quaternary nitrogens is 1. The Morgan fingerprint density at radius 1 is 0.714 bits per heavy atom. The average Bonchev–Trinajstić information content (AvgIpc) is 2.91. The number of rotatable bonds is 17. The van der Waals surface area contributed by atoms with Crippen molar-refractivity contribution in [3.63, 3.8) is 0 Å². The summed E-state index contributed by atoms with van der Waals surface area (Å²) in [6, 6.07) is 18.6. The molecule has 3 rings (SSSR count). The molecule has 0 aliphatic rings. The Morgan fingerprint density at radius 3 is 1.69 bits per heavy atom. The van der Waals surface area contributed by atoms with Crippen molar-refractivity contribution in [1.82, 2.24) is 0 Å². The van der Waals surface area contributed by atoms with E-state index < -0.39 is 13.8 Å². The number of nitrogens with zero attached hydrogens (tertiary/aromatic N) is 1. The van der Waals surface area contributed by atoms with Gasteiger partial charge < -0.3 is 35.1 Å². The van der Waals surface area contributed by atoms with Gasteiger partial charge in [0, 0.05) is 17.4 Å². The fourth-order valence-electron chi connectivity index (χ4n) is 3.60. The molecule has 0 heterocycles. The average molecular weight is 603 g/mol. The Kier molecular flexibility index (Phi) is 12.2. The van der Waals surface area contributed by atoms with Gasteiger partial charge >= 0.3 is 13.8 Å². The van der Waals surface area contributed by atoms with Crippen molar-refractivity contribution in [2.45, 2.75) is 25.7 Å². The first-order valence-corrected chi connectivity index (χ1v) is 15.2. The van der Waals surface area contributed by atoms with Crippen LogP contribution >= 0.6 is 7.82 Å². The molecule has 0 saturated heterocycles. The number of nitrogen functional groups attached to an aromatic ring is 2. The summed E-state index contributed by atoms with van der Waals surface area (Å²) in [5.74, 6) is 1.36. The lowest BCUT2D eigenvalue weighted by atomic mass is 10.2. The van der Waals surface area contributed by atoms with Gasteiger partial charge in [0.2, 0.25) is 0 Å². The molecule has 42 heavy (non-hydrogen) atoms. The van der Waals surface area contributed by atoms with E-state index in [1.54, 1.807) is 66.7 Å². The van der Waals surface area contributed by atoms with Crippen molar-refractivity contribution < 1.29 is 42.0 Å². The number of esters is 1. The van der Waals surface area contributed by atoms with E-state index in [2.05, 4.69) is 0 Å². The van der Waals surface area contributed by atoms with Crippen molar-refractivity contribution in [3.05, 3.63) is 72.3 Å². The van der Waals surface area contributed by atoms with Crippen LogP contribution in [0.1, 0.15) is 36.0 Å². The summed E-state index contributed by atoms with van der Waals surface area (Å²) >= 11 is 0. The molecule has 0 aromatic heterocycles. The number of phosphoric ester groups is 1. The van der Waals surface area contributed by atoms with Gasteiger partial charge in [-0.3, -0.25) is 9.05 Å². The van der Waals surface area contributed by atoms with Crippen molar-refractivity contribution in [2.24, 2.45) is 0 Å². The second kappa shape index (κ2) is 15.6. The standard InChI is InChI=1S/C30H40N3O8P/c1-33(2,3)16-19-39-42(35,36)38-18-7-5-4-6-17-37-30(34)23-20-28(40-26-12-8-24(31)9-13-26)22-29(21-23)41-27-14-10-25(32)11-15-27/h8-15,20-22H,4-7,16-19,31-32H2,1-3H3/p+1. The van der Waals surface area contributed by atoms with Crippen LogP contribution in [-0.4, -0.2) is 62.9 Å². The number of phosphoric acid groups is 1. The highest BCUT2D eigenvalue weighted by Crippen LogP contribution is 2.43. The normalized spacial score (nSPS) is 12.9. The molecule has 0 bridgehead atoms. The number of benzene rings is 3. The van der Waals surface area contributed by atoms with Crippen LogP contribution in [0.2, 0.25) is 0 Å². The molecule has 11 nitrogen and oxygen atoms in total. The number of ether oxygens (including phenoxy) is 3. The molecule has 0 spiro atoms. The molecule has 3 aromatic carbocycles. The summed E-state index contributed by atoms with van der Waals surface area (Å²) in [5, 5.41) is 0. The lowest BCUT2D eigenvalue weighted by Crippen LogP contribution is -2.37. The van der Waals surface area contributed by atoms with Gasteiger partial charge in [0.1, 0.15) is 36.1 Å². The van der Waals surface area contributed by atoms with E-state index in [9.17, 15) is 14.3 Å². The highest BCUT2D eigenvalue weighted by molar-refractivity contribution is 7.47. The first-order valence-electron chi connectivity index (χ1n) is 13.7. The Bertz CT molecular complexity index is 1260. The Balaban J connectivity index is 1.48. The second-order valence-electron chi connectivity index (χ2n) is 10.7. The fraction of sp³-hybridized carbons (Fsp3) is 0.367. The molecular weight excluding hydrogens is 561 g/mol. The smallest absolute Gasteiger partial charge is 0.462 e. The van der Waals surface area contributed by atoms with E-state index in [0.717, 1.165) is 12.8 Å². The molecule has 0 fully saturated rings. The third-order valence-corrected chi connectivity index (χ3v) is 6.91. The molecule has 1 atom stereocenters. The molecule has 0 aliphatic carbocycles. The maximum absolute atomic E-state index is 12.9. The van der Waals surface area contributed by atoms with Crippen LogP contribution in [0, 0.1) is 0 Å². The van der Waals surface area contributed by atoms with Crippen molar-refractivity contribution >= 4 is 25.2 Å². The maximum atomic E-state index is 12.9. The van der Waals surface area contributed by atoms with Gasteiger partial charge in [0.05, 0.1) is 39.9 Å². The number of hydrogen-bond donors (Lipinski definition) is 3. The number of carbonyl (C=O) groups is 1. The predicted octanol–water partition coefficient (Wildman–Crippen LogP) is 5.99. The minimum Gasteiger partial charge on any atom is -0.462 e. The van der Waals surface area contributed by atoms with Crippen LogP contribution in [0.5, 0.6) is 23.0 Å². The molecule has 12 heteroatoms. The van der Waals surface area contributed by atoms with Crippen LogP contribution in [-0.2, 0) is 18.3 Å². The van der Waals surface area contributed by atoms with Crippen LogP contribution in [0.3, 0.4) is 0 Å². The number of hydrogen-bond acceptors (Lipinski definition) is 9. The lowest BCUT2D eigenvalue weighted by Gasteiger charge is -2.24. The highest BCUT2D eigenvalue weighted by atomic mass is 31.2. The quantitative estimate of drug-likeness (QED) is 0.0552. The summed E-state index contributed by atoms with van der Waals surface area (Å²) in [5.41, 5.74) is 13.0. The summed E-state index contributed by atoms with van der Waals surface area (Å²) in [7, 11) is 1.84. The minimum absolute atomic E-state index is 0.107. The van der Waals surface area contributed by atoms with Gasteiger partial charge in [-0.05, 0) is 79.9 Å². The van der Waals surface area contributed by atoms with Crippen LogP contribution in [0.15, 0.2) is 66.7 Å². The highest BCUT2D eigenvalue weighted by Gasteiger charge is 2.22. The largest absolute Gasteiger partial charge is 0.472 e. The predicted molar refractivity (Wildman–Crippen MR) is 162 cm³/mol. The number of likely N-dealkylation sites (N-methyl/N-ethyl adjacent to an activating group) is 1. The van der Waals surface area contributed by atoms with Gasteiger partial charge in [0.25, 0.3) is 0 Å². The zero-order valence-corrected chi connectivity index (χ0v) is 25.3. The van der Waals surface area contributed by atoms with E-state index in [1.807, 2.05) is 21.1 Å². The SMILES string of the molecule is C[N+](C)(C)CCOP(=O)(O)OCCCCCCOC(=O)c1cc(Oc2ccc(N)cc2)cc(Oc2ccc(N)cc2)c1. The summed E-state index contributed by atoms with van der Waals surface area (Å²) in [4.78, 5) is 22.6. The van der Waals surface area contributed by atoms with E-state index in [4.69, 9.17) is 34.7 Å². The topological polar surface area (TPSA) is 153 Å². The van der Waals surface area contributed by atoms with E-state index in [0.29, 0.717) is 58.2 Å². The molecular formula is C30H41N3O8P+. The molecule has 5 N–H and O–H groups in total. The van der Waals surface area contributed by atoms with Crippen molar-refractivity contribution in [3.8, 4) is 23.0 Å². The first kappa shape index (κ1) is 32.9. The van der Waals surface area contributed by atoms with Gasteiger partial charge in [0.15, 0.2) is 0 Å². The Morgan fingerprint density at radius 2 is 1.19 bits per heavy atom. The fourth-order valence-corrected chi connectivity index (χ4v) is 4.35. The van der Waals surface area contributed by atoms with Crippen molar-refractivity contribution in [1.29, 1.82) is 0 Å². The zero-order valence-electron chi connectivity index (χ0n) is 24.4. The van der Waals surface area contributed by atoms with Gasteiger partial charge in [-0.1, -0.05) is 6.42 Å². The van der Waals surface area contributed by atoms with Gasteiger partial charge in [-0.15, -0.1) is 0 Å². The lowest BCUT2D eigenvalue weighted by molar-refractivity contribution is -0.870. The van der Waals surface area contributed by atoms with Gasteiger partial charge in [-0.2, -0.15) is 0 Å². The van der Waals surface area contributed by atoms with E-state index in [1.165, 1.54) is 0 Å². The van der Waals surface area contributed by atoms with Gasteiger partial charge in [-0.25, -0.2) is 9.36 Å². The zero-order chi connectivity index (χ0) is 30.6.